The quantitative estimate of drug-likeness (QED) is 0.927. The van der Waals surface area contributed by atoms with Crippen LogP contribution in [-0.2, 0) is 0 Å². The molecule has 2 aromatic rings. The lowest BCUT2D eigenvalue weighted by Crippen LogP contribution is -2.13. The summed E-state index contributed by atoms with van der Waals surface area (Å²) in [5.74, 6) is -0.564. The van der Waals surface area contributed by atoms with E-state index in [4.69, 9.17) is 28.9 Å². The Morgan fingerprint density at radius 1 is 1.39 bits per heavy atom. The number of hydrogen-bond acceptors (Lipinski definition) is 2. The average molecular weight is 307 g/mol. The fourth-order valence-corrected chi connectivity index (χ4v) is 1.99. The smallest absolute Gasteiger partial charge is 0.269 e. The van der Waals surface area contributed by atoms with Crippen molar-refractivity contribution in [3.8, 4) is 5.69 Å². The number of nitrogens with zero attached hydrogens (tertiary/aromatic N) is 2. The van der Waals surface area contributed by atoms with Gasteiger partial charge in [-0.15, -0.1) is 12.4 Å². The SMILES string of the molecule is Cc1cn(-c2ccc(Cl)cc2Cl)nc1C(N)=O.Cl. The second kappa shape index (κ2) is 5.61. The number of hydrogen-bond donors (Lipinski definition) is 1. The topological polar surface area (TPSA) is 60.9 Å². The molecule has 0 unspecified atom stereocenters. The zero-order valence-corrected chi connectivity index (χ0v) is 11.7. The van der Waals surface area contributed by atoms with Crippen molar-refractivity contribution in [1.82, 2.24) is 9.78 Å². The van der Waals surface area contributed by atoms with Gasteiger partial charge in [0.2, 0.25) is 0 Å². The largest absolute Gasteiger partial charge is 0.364 e. The Labute approximate surface area is 120 Å². The summed E-state index contributed by atoms with van der Waals surface area (Å²) in [5, 5.41) is 5.08. The summed E-state index contributed by atoms with van der Waals surface area (Å²) in [7, 11) is 0. The van der Waals surface area contributed by atoms with E-state index in [9.17, 15) is 4.79 Å². The minimum atomic E-state index is -0.564. The Morgan fingerprint density at radius 3 is 2.56 bits per heavy atom. The third kappa shape index (κ3) is 2.77. The van der Waals surface area contributed by atoms with Crippen molar-refractivity contribution in [2.75, 3.05) is 0 Å². The highest BCUT2D eigenvalue weighted by atomic mass is 35.5. The highest BCUT2D eigenvalue weighted by Crippen LogP contribution is 2.24. The van der Waals surface area contributed by atoms with Crippen LogP contribution in [0.4, 0.5) is 0 Å². The van der Waals surface area contributed by atoms with Crippen LogP contribution in [0.15, 0.2) is 24.4 Å². The van der Waals surface area contributed by atoms with Gasteiger partial charge >= 0.3 is 0 Å². The molecule has 0 atom stereocenters. The van der Waals surface area contributed by atoms with E-state index in [1.807, 2.05) is 0 Å². The van der Waals surface area contributed by atoms with Crippen molar-refractivity contribution < 1.29 is 4.79 Å². The van der Waals surface area contributed by atoms with E-state index in [1.54, 1.807) is 31.3 Å². The molecule has 18 heavy (non-hydrogen) atoms. The number of aromatic nitrogens is 2. The molecule has 0 fully saturated rings. The number of benzene rings is 1. The molecular formula is C11H10Cl3N3O. The second-order valence-electron chi connectivity index (χ2n) is 3.57. The summed E-state index contributed by atoms with van der Waals surface area (Å²) in [6.07, 6.45) is 1.69. The minimum Gasteiger partial charge on any atom is -0.364 e. The summed E-state index contributed by atoms with van der Waals surface area (Å²) in [4.78, 5) is 11.1. The molecule has 4 nitrogen and oxygen atoms in total. The van der Waals surface area contributed by atoms with E-state index in [2.05, 4.69) is 5.10 Å². The zero-order valence-electron chi connectivity index (χ0n) is 9.35. The number of nitrogens with two attached hydrogens (primary N) is 1. The summed E-state index contributed by atoms with van der Waals surface area (Å²) in [6, 6.07) is 5.03. The van der Waals surface area contributed by atoms with Crippen LogP contribution in [0, 0.1) is 6.92 Å². The van der Waals surface area contributed by atoms with Crippen LogP contribution in [0.3, 0.4) is 0 Å². The Bertz CT molecular complexity index is 595. The number of halogens is 3. The molecule has 0 aliphatic heterocycles. The Hall–Kier alpha value is -1.23. The molecule has 2 N–H and O–H groups in total. The van der Waals surface area contributed by atoms with Crippen LogP contribution in [0.2, 0.25) is 10.0 Å². The lowest BCUT2D eigenvalue weighted by Gasteiger charge is -2.03. The molecule has 0 spiro atoms. The molecule has 1 aromatic heterocycles. The lowest BCUT2D eigenvalue weighted by atomic mass is 10.3. The van der Waals surface area contributed by atoms with Gasteiger partial charge in [0.1, 0.15) is 0 Å². The number of aryl methyl sites for hydroxylation is 1. The van der Waals surface area contributed by atoms with E-state index in [1.165, 1.54) is 4.68 Å². The van der Waals surface area contributed by atoms with Gasteiger partial charge in [-0.2, -0.15) is 5.10 Å². The van der Waals surface area contributed by atoms with E-state index in [-0.39, 0.29) is 18.1 Å². The number of rotatable bonds is 2. The van der Waals surface area contributed by atoms with Gasteiger partial charge in [-0.3, -0.25) is 4.79 Å². The van der Waals surface area contributed by atoms with Gasteiger partial charge in [0.15, 0.2) is 5.69 Å². The van der Waals surface area contributed by atoms with Crippen molar-refractivity contribution in [2.24, 2.45) is 5.73 Å². The summed E-state index contributed by atoms with van der Waals surface area (Å²) >= 11 is 11.8. The van der Waals surface area contributed by atoms with Crippen LogP contribution < -0.4 is 5.73 Å². The first-order valence-electron chi connectivity index (χ1n) is 4.80. The maximum atomic E-state index is 11.1. The second-order valence-corrected chi connectivity index (χ2v) is 4.41. The Balaban J connectivity index is 0.00000162. The predicted octanol–water partition coefficient (Wildman–Crippen LogP) is 3.01. The van der Waals surface area contributed by atoms with Gasteiger partial charge in [-0.1, -0.05) is 23.2 Å². The molecule has 0 aliphatic carbocycles. The van der Waals surface area contributed by atoms with Gasteiger partial charge in [-0.05, 0) is 25.1 Å². The van der Waals surface area contributed by atoms with Gasteiger partial charge in [0.05, 0.1) is 10.7 Å². The molecule has 0 radical (unpaired) electrons. The van der Waals surface area contributed by atoms with Crippen molar-refractivity contribution >= 4 is 41.5 Å². The van der Waals surface area contributed by atoms with Crippen LogP contribution in [0.5, 0.6) is 0 Å². The molecule has 1 aromatic carbocycles. The summed E-state index contributed by atoms with van der Waals surface area (Å²) in [6.45, 7) is 1.76. The lowest BCUT2D eigenvalue weighted by molar-refractivity contribution is 0.0994. The molecule has 0 aliphatic rings. The molecule has 1 heterocycles. The molecule has 0 saturated carbocycles. The molecule has 96 valence electrons. The summed E-state index contributed by atoms with van der Waals surface area (Å²) in [5.41, 5.74) is 6.77. The van der Waals surface area contributed by atoms with E-state index in [0.29, 0.717) is 21.3 Å². The molecule has 7 heteroatoms. The fourth-order valence-electron chi connectivity index (χ4n) is 1.49. The monoisotopic (exact) mass is 305 g/mol. The van der Waals surface area contributed by atoms with Crippen molar-refractivity contribution in [1.29, 1.82) is 0 Å². The maximum absolute atomic E-state index is 11.1. The van der Waals surface area contributed by atoms with Crippen molar-refractivity contribution in [2.45, 2.75) is 6.92 Å². The third-order valence-electron chi connectivity index (χ3n) is 2.29. The molecule has 2 rings (SSSR count). The Kier molecular flexibility index (Phi) is 4.62. The minimum absolute atomic E-state index is 0. The fraction of sp³-hybridized carbons (Fsp3) is 0.0909. The molecule has 1 amide bonds. The number of carbonyl (C=O) groups excluding carboxylic acids is 1. The van der Waals surface area contributed by atoms with E-state index in [0.717, 1.165) is 0 Å². The highest BCUT2D eigenvalue weighted by Gasteiger charge is 2.12. The van der Waals surface area contributed by atoms with Crippen LogP contribution in [-0.4, -0.2) is 15.7 Å². The predicted molar refractivity (Wildman–Crippen MR) is 74.1 cm³/mol. The average Bonchev–Trinajstić information content (AvgIpc) is 2.60. The third-order valence-corrected chi connectivity index (χ3v) is 2.82. The van der Waals surface area contributed by atoms with E-state index < -0.39 is 5.91 Å². The zero-order chi connectivity index (χ0) is 12.6. The Morgan fingerprint density at radius 2 is 2.06 bits per heavy atom. The van der Waals surface area contributed by atoms with Crippen LogP contribution in [0.1, 0.15) is 16.1 Å². The first-order valence-corrected chi connectivity index (χ1v) is 5.56. The number of carbonyl (C=O) groups is 1. The molecular weight excluding hydrogens is 296 g/mol. The first kappa shape index (κ1) is 14.8. The van der Waals surface area contributed by atoms with E-state index >= 15 is 0 Å². The highest BCUT2D eigenvalue weighted by molar-refractivity contribution is 6.35. The first-order chi connectivity index (χ1) is 7.99. The number of amides is 1. The van der Waals surface area contributed by atoms with Crippen LogP contribution >= 0.6 is 35.6 Å². The number of primary amides is 1. The molecule has 0 bridgehead atoms. The van der Waals surface area contributed by atoms with Gasteiger partial charge in [-0.25, -0.2) is 4.68 Å². The van der Waals surface area contributed by atoms with Gasteiger partial charge in [0, 0.05) is 16.8 Å². The van der Waals surface area contributed by atoms with Gasteiger partial charge < -0.3 is 5.73 Å². The molecule has 0 saturated heterocycles. The summed E-state index contributed by atoms with van der Waals surface area (Å²) < 4.78 is 1.51. The standard InChI is InChI=1S/C11H9Cl2N3O.ClH/c1-6-5-16(15-10(6)11(14)17)9-3-2-7(12)4-8(9)13;/h2-5H,1H3,(H2,14,17);1H. The van der Waals surface area contributed by atoms with Crippen molar-refractivity contribution in [3.05, 3.63) is 45.7 Å². The van der Waals surface area contributed by atoms with Crippen LogP contribution in [0.25, 0.3) is 5.69 Å². The maximum Gasteiger partial charge on any atom is 0.269 e. The van der Waals surface area contributed by atoms with Gasteiger partial charge in [0.25, 0.3) is 5.91 Å². The van der Waals surface area contributed by atoms with Crippen molar-refractivity contribution in [3.63, 3.8) is 0 Å². The normalized spacial score (nSPS) is 9.94.